The molecule has 3 heterocycles. The lowest BCUT2D eigenvalue weighted by Crippen LogP contribution is -2.20. The maximum absolute atomic E-state index is 12.5. The molecule has 152 valence electrons. The molecule has 3 rings (SSSR count). The maximum atomic E-state index is 12.5. The van der Waals surface area contributed by atoms with Crippen molar-refractivity contribution < 1.29 is 17.9 Å². The van der Waals surface area contributed by atoms with Crippen molar-refractivity contribution in [3.8, 4) is 5.88 Å². The Kier molecular flexibility index (Phi) is 5.64. The first kappa shape index (κ1) is 20.5. The van der Waals surface area contributed by atoms with Crippen LogP contribution in [0.15, 0.2) is 47.4 Å². The van der Waals surface area contributed by atoms with E-state index in [2.05, 4.69) is 19.8 Å². The van der Waals surface area contributed by atoms with Crippen molar-refractivity contribution in [2.24, 2.45) is 12.8 Å². The van der Waals surface area contributed by atoms with Gasteiger partial charge in [-0.25, -0.2) is 4.98 Å². The van der Waals surface area contributed by atoms with E-state index in [4.69, 9.17) is 15.9 Å². The molecule has 3 aromatic rings. The van der Waals surface area contributed by atoms with Crippen molar-refractivity contribution in [2.75, 3.05) is 11.8 Å². The van der Waals surface area contributed by atoms with Gasteiger partial charge in [0.25, 0.3) is 0 Å². The number of rotatable bonds is 6. The molecule has 0 aliphatic carbocycles. The van der Waals surface area contributed by atoms with Crippen molar-refractivity contribution in [1.82, 2.24) is 19.7 Å². The summed E-state index contributed by atoms with van der Waals surface area (Å²) in [6, 6.07) is 3.06. The highest BCUT2D eigenvalue weighted by atomic mass is 32.2. The summed E-state index contributed by atoms with van der Waals surface area (Å²) in [6.45, 7) is 0. The van der Waals surface area contributed by atoms with Crippen LogP contribution in [0.4, 0.5) is 18.9 Å². The summed E-state index contributed by atoms with van der Waals surface area (Å²) in [7, 11) is 3.29. The Morgan fingerprint density at radius 3 is 2.66 bits per heavy atom. The van der Waals surface area contributed by atoms with Crippen molar-refractivity contribution in [1.29, 1.82) is 5.41 Å². The van der Waals surface area contributed by atoms with E-state index >= 15 is 0 Å². The Hall–Kier alpha value is -3.28. The summed E-state index contributed by atoms with van der Waals surface area (Å²) in [4.78, 5) is 8.91. The summed E-state index contributed by atoms with van der Waals surface area (Å²) in [5, 5.41) is 12.7. The standard InChI is InChI=1S/C17H16F3N7OS/c1-27-15-9(7-25-27)6-24-16(28-2)14(15)26-29-10-3-4-12(23-8-10)11(21)5-13(22)17(18,19)20/h3-8,21,26H,22H2,1-2H3/b13-5-,21-11?. The molecule has 29 heavy (non-hydrogen) atoms. The third-order valence-electron chi connectivity index (χ3n) is 3.84. The Labute approximate surface area is 167 Å². The van der Waals surface area contributed by atoms with E-state index in [0.29, 0.717) is 22.5 Å². The molecular weight excluding hydrogens is 407 g/mol. The van der Waals surface area contributed by atoms with Crippen molar-refractivity contribution in [3.05, 3.63) is 48.2 Å². The Balaban J connectivity index is 1.77. The zero-order valence-electron chi connectivity index (χ0n) is 15.3. The van der Waals surface area contributed by atoms with E-state index in [1.165, 1.54) is 31.3 Å². The lowest BCUT2D eigenvalue weighted by Gasteiger charge is -2.11. The molecule has 0 saturated heterocycles. The number of pyridine rings is 2. The summed E-state index contributed by atoms with van der Waals surface area (Å²) in [6.07, 6.45) is 0.611. The summed E-state index contributed by atoms with van der Waals surface area (Å²) in [5.41, 5.74) is 4.62. The number of methoxy groups -OCH3 is 1. The number of fused-ring (bicyclic) bond motifs is 1. The number of nitrogens with zero attached hydrogens (tertiary/aromatic N) is 4. The number of alkyl halides is 3. The average Bonchev–Trinajstić information content (AvgIpc) is 3.06. The molecule has 0 aliphatic rings. The van der Waals surface area contributed by atoms with Crippen molar-refractivity contribution in [3.63, 3.8) is 0 Å². The van der Waals surface area contributed by atoms with E-state index in [9.17, 15) is 13.2 Å². The van der Waals surface area contributed by atoms with Gasteiger partial charge in [-0.1, -0.05) is 0 Å². The van der Waals surface area contributed by atoms with Crippen LogP contribution in [-0.4, -0.2) is 38.7 Å². The molecule has 0 amide bonds. The van der Waals surface area contributed by atoms with Gasteiger partial charge >= 0.3 is 6.18 Å². The fourth-order valence-electron chi connectivity index (χ4n) is 2.42. The highest BCUT2D eigenvalue weighted by molar-refractivity contribution is 8.00. The van der Waals surface area contributed by atoms with E-state index in [1.54, 1.807) is 30.2 Å². The first-order chi connectivity index (χ1) is 13.7. The van der Waals surface area contributed by atoms with Gasteiger partial charge < -0.3 is 15.2 Å². The lowest BCUT2D eigenvalue weighted by molar-refractivity contribution is -0.0925. The lowest BCUT2D eigenvalue weighted by atomic mass is 10.2. The molecular formula is C17H16F3N7OS. The maximum Gasteiger partial charge on any atom is 0.430 e. The first-order valence-electron chi connectivity index (χ1n) is 8.07. The molecule has 0 fully saturated rings. The van der Waals surface area contributed by atoms with Gasteiger partial charge in [-0.05, 0) is 30.2 Å². The second kappa shape index (κ2) is 7.99. The number of hydrogen-bond donors (Lipinski definition) is 3. The van der Waals surface area contributed by atoms with Gasteiger partial charge in [0.1, 0.15) is 11.4 Å². The van der Waals surface area contributed by atoms with Crippen LogP contribution in [0.2, 0.25) is 0 Å². The number of aryl methyl sites for hydroxylation is 1. The third kappa shape index (κ3) is 4.42. The number of hydrogen-bond acceptors (Lipinski definition) is 8. The first-order valence-corrected chi connectivity index (χ1v) is 8.89. The van der Waals surface area contributed by atoms with Gasteiger partial charge in [0.2, 0.25) is 5.88 Å². The van der Waals surface area contributed by atoms with Crippen LogP contribution in [0.5, 0.6) is 5.88 Å². The number of aromatic nitrogens is 4. The van der Waals surface area contributed by atoms with Gasteiger partial charge in [0, 0.05) is 29.7 Å². The zero-order valence-corrected chi connectivity index (χ0v) is 16.1. The SMILES string of the molecule is COc1ncc2cnn(C)c2c1NSc1ccc(C(=N)/C=C(\N)C(F)(F)F)nc1. The average molecular weight is 423 g/mol. The van der Waals surface area contributed by atoms with Gasteiger partial charge in [0.05, 0.1) is 30.2 Å². The molecule has 0 spiro atoms. The molecule has 4 N–H and O–H groups in total. The van der Waals surface area contributed by atoms with Crippen LogP contribution in [0.3, 0.4) is 0 Å². The smallest absolute Gasteiger partial charge is 0.430 e. The number of nitrogens with two attached hydrogens (primary N) is 1. The van der Waals surface area contributed by atoms with E-state index in [0.717, 1.165) is 10.9 Å². The van der Waals surface area contributed by atoms with Gasteiger partial charge in [0.15, 0.2) is 0 Å². The largest absolute Gasteiger partial charge is 0.479 e. The molecule has 0 saturated carbocycles. The second-order valence-corrected chi connectivity index (χ2v) is 6.69. The fraction of sp³-hybridized carbons (Fsp3) is 0.176. The third-order valence-corrected chi connectivity index (χ3v) is 4.63. The van der Waals surface area contributed by atoms with Gasteiger partial charge in [-0.15, -0.1) is 0 Å². The predicted molar refractivity (Wildman–Crippen MR) is 104 cm³/mol. The summed E-state index contributed by atoms with van der Waals surface area (Å²) in [5.74, 6) is 0.382. The van der Waals surface area contributed by atoms with E-state index in [1.807, 2.05) is 0 Å². The predicted octanol–water partition coefficient (Wildman–Crippen LogP) is 3.26. The number of halogens is 3. The van der Waals surface area contributed by atoms with E-state index in [-0.39, 0.29) is 5.69 Å². The molecule has 0 atom stereocenters. The van der Waals surface area contributed by atoms with Crippen LogP contribution < -0.4 is 15.2 Å². The van der Waals surface area contributed by atoms with Crippen LogP contribution in [0.25, 0.3) is 10.9 Å². The normalized spacial score (nSPS) is 12.2. The Morgan fingerprint density at radius 2 is 2.03 bits per heavy atom. The quantitative estimate of drug-likeness (QED) is 0.412. The molecule has 8 nitrogen and oxygen atoms in total. The monoisotopic (exact) mass is 423 g/mol. The molecule has 0 bridgehead atoms. The van der Waals surface area contributed by atoms with Crippen LogP contribution >= 0.6 is 11.9 Å². The van der Waals surface area contributed by atoms with Crippen molar-refractivity contribution in [2.45, 2.75) is 11.1 Å². The zero-order chi connectivity index (χ0) is 21.2. The number of allylic oxidation sites excluding steroid dienone is 2. The van der Waals surface area contributed by atoms with Gasteiger partial charge in [-0.3, -0.25) is 15.1 Å². The van der Waals surface area contributed by atoms with E-state index < -0.39 is 17.6 Å². The van der Waals surface area contributed by atoms with Gasteiger partial charge in [-0.2, -0.15) is 18.3 Å². The number of nitrogens with one attached hydrogen (secondary N) is 2. The fourth-order valence-corrected chi connectivity index (χ4v) is 3.06. The molecule has 0 radical (unpaired) electrons. The van der Waals surface area contributed by atoms with Crippen LogP contribution in [-0.2, 0) is 7.05 Å². The minimum Gasteiger partial charge on any atom is -0.479 e. The summed E-state index contributed by atoms with van der Waals surface area (Å²) >= 11 is 1.20. The summed E-state index contributed by atoms with van der Waals surface area (Å²) < 4.78 is 47.6. The minimum absolute atomic E-state index is 0.0644. The van der Waals surface area contributed by atoms with Crippen LogP contribution in [0, 0.1) is 5.41 Å². The Morgan fingerprint density at radius 1 is 1.28 bits per heavy atom. The molecule has 0 aliphatic heterocycles. The molecule has 3 aromatic heterocycles. The highest BCUT2D eigenvalue weighted by Crippen LogP contribution is 2.34. The highest BCUT2D eigenvalue weighted by Gasteiger charge is 2.31. The molecule has 12 heteroatoms. The minimum atomic E-state index is -4.69. The second-order valence-electron chi connectivity index (χ2n) is 5.81. The van der Waals surface area contributed by atoms with Crippen molar-refractivity contribution >= 4 is 34.2 Å². The number of ether oxygens (including phenoxy) is 1. The van der Waals surface area contributed by atoms with Crippen LogP contribution in [0.1, 0.15) is 5.69 Å². The topological polar surface area (TPSA) is 115 Å². The molecule has 0 unspecified atom stereocenters. The number of anilines is 1. The Bertz CT molecular complexity index is 1080. The molecule has 0 aromatic carbocycles.